The molecule has 1 aromatic carbocycles. The number of rotatable bonds is 5. The fourth-order valence-corrected chi connectivity index (χ4v) is 2.99. The zero-order chi connectivity index (χ0) is 17.6. The van der Waals surface area contributed by atoms with Gasteiger partial charge in [0.15, 0.2) is 0 Å². The summed E-state index contributed by atoms with van der Waals surface area (Å²) in [4.78, 5) is 14.2. The first kappa shape index (κ1) is 17.1. The number of carbonyl (C=O) groups excluding carboxylic acids is 1. The lowest BCUT2D eigenvalue weighted by Crippen LogP contribution is -2.41. The number of carbonyl (C=O) groups is 1. The van der Waals surface area contributed by atoms with Crippen molar-refractivity contribution in [2.75, 3.05) is 25.5 Å². The average Bonchev–Trinajstić information content (AvgIpc) is 3.06. The maximum absolute atomic E-state index is 12.3. The molecule has 1 fully saturated rings. The van der Waals surface area contributed by atoms with Crippen LogP contribution in [0.2, 0.25) is 0 Å². The number of benzene rings is 1. The highest BCUT2D eigenvalue weighted by atomic mass is 16.5. The van der Waals surface area contributed by atoms with Crippen LogP contribution in [0.25, 0.3) is 6.08 Å². The Hall–Kier alpha value is -2.76. The summed E-state index contributed by atoms with van der Waals surface area (Å²) in [5, 5.41) is 7.62. The van der Waals surface area contributed by atoms with Crippen LogP contribution in [-0.4, -0.2) is 46.8 Å². The summed E-state index contributed by atoms with van der Waals surface area (Å²) in [6, 6.07) is 8.31. The second-order valence-electron chi connectivity index (χ2n) is 6.26. The van der Waals surface area contributed by atoms with Crippen LogP contribution in [0.1, 0.15) is 18.4 Å². The van der Waals surface area contributed by atoms with Crippen LogP contribution in [0.15, 0.2) is 42.7 Å². The molecule has 25 heavy (non-hydrogen) atoms. The van der Waals surface area contributed by atoms with Gasteiger partial charge in [0, 0.05) is 55.8 Å². The summed E-state index contributed by atoms with van der Waals surface area (Å²) in [6.45, 7) is 1.52. The first-order valence-electron chi connectivity index (χ1n) is 8.50. The van der Waals surface area contributed by atoms with Crippen molar-refractivity contribution in [3.63, 3.8) is 0 Å². The number of aryl methyl sites for hydroxylation is 1. The predicted molar refractivity (Wildman–Crippen MR) is 98.5 cm³/mol. The van der Waals surface area contributed by atoms with Crippen LogP contribution < -0.4 is 10.1 Å². The molecule has 1 saturated heterocycles. The molecule has 1 N–H and O–H groups in total. The van der Waals surface area contributed by atoms with Crippen LogP contribution in [0.5, 0.6) is 5.75 Å². The number of nitrogens with zero attached hydrogens (tertiary/aromatic N) is 3. The number of hydrogen-bond acceptors (Lipinski definition) is 4. The molecule has 2 aromatic rings. The van der Waals surface area contributed by atoms with E-state index in [0.717, 1.165) is 42.9 Å². The molecule has 1 aliphatic heterocycles. The molecule has 6 nitrogen and oxygen atoms in total. The SMILES string of the molecule is COc1cccc(NC2CCN(C(=O)C=Cc3cnn(C)c3)CC2)c1. The van der Waals surface area contributed by atoms with E-state index in [2.05, 4.69) is 10.4 Å². The van der Waals surface area contributed by atoms with E-state index < -0.39 is 0 Å². The third kappa shape index (κ3) is 4.62. The number of hydrogen-bond donors (Lipinski definition) is 1. The summed E-state index contributed by atoms with van der Waals surface area (Å²) in [5.74, 6) is 0.904. The lowest BCUT2D eigenvalue weighted by atomic mass is 10.0. The van der Waals surface area contributed by atoms with Gasteiger partial charge < -0.3 is 15.0 Å². The number of amides is 1. The van der Waals surface area contributed by atoms with Gasteiger partial charge in [-0.25, -0.2) is 0 Å². The highest BCUT2D eigenvalue weighted by molar-refractivity contribution is 5.91. The molecule has 0 atom stereocenters. The standard InChI is InChI=1S/C19H24N4O2/c1-22-14-15(13-20-22)6-7-19(24)23-10-8-16(9-11-23)21-17-4-3-5-18(12-17)25-2/h3-7,12-14,16,21H,8-11H2,1-2H3. The normalized spacial score (nSPS) is 15.5. The van der Waals surface area contributed by atoms with Crippen LogP contribution >= 0.6 is 0 Å². The van der Waals surface area contributed by atoms with Gasteiger partial charge in [-0.05, 0) is 31.1 Å². The van der Waals surface area contributed by atoms with Gasteiger partial charge in [-0.15, -0.1) is 0 Å². The van der Waals surface area contributed by atoms with Crippen LogP contribution in [-0.2, 0) is 11.8 Å². The topological polar surface area (TPSA) is 59.4 Å². The third-order valence-corrected chi connectivity index (χ3v) is 4.39. The molecule has 132 valence electrons. The minimum absolute atomic E-state index is 0.0590. The van der Waals surface area contributed by atoms with Crippen molar-refractivity contribution < 1.29 is 9.53 Å². The van der Waals surface area contributed by atoms with Crippen molar-refractivity contribution >= 4 is 17.7 Å². The second kappa shape index (κ2) is 7.88. The molecule has 3 rings (SSSR count). The van der Waals surface area contributed by atoms with E-state index in [9.17, 15) is 4.79 Å². The number of methoxy groups -OCH3 is 1. The van der Waals surface area contributed by atoms with Crippen molar-refractivity contribution in [1.29, 1.82) is 0 Å². The van der Waals surface area contributed by atoms with Gasteiger partial charge in [-0.1, -0.05) is 6.07 Å². The lowest BCUT2D eigenvalue weighted by Gasteiger charge is -2.32. The highest BCUT2D eigenvalue weighted by Gasteiger charge is 2.21. The number of ether oxygens (including phenoxy) is 1. The number of nitrogens with one attached hydrogen (secondary N) is 1. The van der Waals surface area contributed by atoms with Crippen LogP contribution in [0.3, 0.4) is 0 Å². The van der Waals surface area contributed by atoms with E-state index in [1.807, 2.05) is 48.5 Å². The molecule has 1 aromatic heterocycles. The fraction of sp³-hybridized carbons (Fsp3) is 0.368. The first-order chi connectivity index (χ1) is 12.1. The van der Waals surface area contributed by atoms with E-state index in [4.69, 9.17) is 4.74 Å². The van der Waals surface area contributed by atoms with Gasteiger partial charge in [0.1, 0.15) is 5.75 Å². The van der Waals surface area contributed by atoms with Crippen LogP contribution in [0.4, 0.5) is 5.69 Å². The lowest BCUT2D eigenvalue weighted by molar-refractivity contribution is -0.126. The molecule has 1 aliphatic rings. The smallest absolute Gasteiger partial charge is 0.246 e. The molecule has 0 aliphatic carbocycles. The van der Waals surface area contributed by atoms with Gasteiger partial charge in [0.25, 0.3) is 0 Å². The van der Waals surface area contributed by atoms with Gasteiger partial charge >= 0.3 is 0 Å². The zero-order valence-electron chi connectivity index (χ0n) is 14.7. The third-order valence-electron chi connectivity index (χ3n) is 4.39. The molecule has 0 bridgehead atoms. The Labute approximate surface area is 148 Å². The monoisotopic (exact) mass is 340 g/mol. The molecule has 1 amide bonds. The Morgan fingerprint density at radius 1 is 1.36 bits per heavy atom. The Balaban J connectivity index is 1.49. The van der Waals surface area contributed by atoms with E-state index in [1.165, 1.54) is 0 Å². The summed E-state index contributed by atoms with van der Waals surface area (Å²) >= 11 is 0. The fourth-order valence-electron chi connectivity index (χ4n) is 2.99. The van der Waals surface area contributed by atoms with Crippen molar-refractivity contribution in [3.05, 3.63) is 48.3 Å². The molecular weight excluding hydrogens is 316 g/mol. The van der Waals surface area contributed by atoms with E-state index in [1.54, 1.807) is 24.1 Å². The van der Waals surface area contributed by atoms with E-state index >= 15 is 0 Å². The maximum atomic E-state index is 12.3. The molecular formula is C19H24N4O2. The number of aromatic nitrogens is 2. The van der Waals surface area contributed by atoms with Crippen molar-refractivity contribution in [1.82, 2.24) is 14.7 Å². The first-order valence-corrected chi connectivity index (χ1v) is 8.50. The van der Waals surface area contributed by atoms with Crippen molar-refractivity contribution in [3.8, 4) is 5.75 Å². The van der Waals surface area contributed by atoms with Crippen molar-refractivity contribution in [2.24, 2.45) is 7.05 Å². The quantitative estimate of drug-likeness (QED) is 0.850. The molecule has 0 radical (unpaired) electrons. The van der Waals surface area contributed by atoms with Gasteiger partial charge in [-0.2, -0.15) is 5.10 Å². The minimum atomic E-state index is 0.0590. The van der Waals surface area contributed by atoms with Crippen LogP contribution in [0, 0.1) is 0 Å². The van der Waals surface area contributed by atoms with Gasteiger partial charge in [-0.3, -0.25) is 9.48 Å². The minimum Gasteiger partial charge on any atom is -0.497 e. The largest absolute Gasteiger partial charge is 0.497 e. The predicted octanol–water partition coefficient (Wildman–Crippen LogP) is 2.55. The Bertz CT molecular complexity index is 745. The summed E-state index contributed by atoms with van der Waals surface area (Å²) in [5.41, 5.74) is 1.99. The molecule has 0 spiro atoms. The Kier molecular flexibility index (Phi) is 5.38. The maximum Gasteiger partial charge on any atom is 0.246 e. The highest BCUT2D eigenvalue weighted by Crippen LogP contribution is 2.21. The molecule has 0 saturated carbocycles. The average molecular weight is 340 g/mol. The second-order valence-corrected chi connectivity index (χ2v) is 6.26. The molecule has 2 heterocycles. The summed E-state index contributed by atoms with van der Waals surface area (Å²) in [6.07, 6.45) is 8.94. The number of likely N-dealkylation sites (tertiary alicyclic amines) is 1. The van der Waals surface area contributed by atoms with E-state index in [0.29, 0.717) is 6.04 Å². The Morgan fingerprint density at radius 3 is 2.84 bits per heavy atom. The number of piperidine rings is 1. The van der Waals surface area contributed by atoms with Crippen molar-refractivity contribution in [2.45, 2.75) is 18.9 Å². The molecule has 0 unspecified atom stereocenters. The van der Waals surface area contributed by atoms with Gasteiger partial charge in [0.2, 0.25) is 5.91 Å². The van der Waals surface area contributed by atoms with Gasteiger partial charge in [0.05, 0.1) is 13.3 Å². The summed E-state index contributed by atoms with van der Waals surface area (Å²) < 4.78 is 6.97. The number of anilines is 1. The zero-order valence-corrected chi connectivity index (χ0v) is 14.7. The Morgan fingerprint density at radius 2 is 2.16 bits per heavy atom. The van der Waals surface area contributed by atoms with E-state index in [-0.39, 0.29) is 5.91 Å². The summed E-state index contributed by atoms with van der Waals surface area (Å²) in [7, 11) is 3.53. The molecule has 6 heteroatoms.